The highest BCUT2D eigenvalue weighted by atomic mass is 16.5. The number of allylic oxidation sites excluding steroid dienone is 4. The summed E-state index contributed by atoms with van der Waals surface area (Å²) in [7, 11) is 0. The van der Waals surface area contributed by atoms with E-state index in [-0.39, 0.29) is 11.9 Å². The maximum absolute atomic E-state index is 12.9. The van der Waals surface area contributed by atoms with Crippen LogP contribution in [0.5, 0.6) is 0 Å². The smallest absolute Gasteiger partial charge is 0.310 e. The Morgan fingerprint density at radius 2 is 1.92 bits per heavy atom. The van der Waals surface area contributed by atoms with Crippen LogP contribution in [0.4, 0.5) is 0 Å². The largest absolute Gasteiger partial charge is 0.464 e. The van der Waals surface area contributed by atoms with E-state index in [0.717, 1.165) is 38.8 Å². The molecular formula is C22H35NO2. The fourth-order valence-electron chi connectivity index (χ4n) is 5.12. The Morgan fingerprint density at radius 3 is 2.52 bits per heavy atom. The highest BCUT2D eigenvalue weighted by Gasteiger charge is 2.37. The van der Waals surface area contributed by atoms with Gasteiger partial charge in [-0.1, -0.05) is 38.2 Å². The maximum atomic E-state index is 12.9. The summed E-state index contributed by atoms with van der Waals surface area (Å²) in [6.45, 7) is 9.44. The molecule has 0 spiro atoms. The van der Waals surface area contributed by atoms with Crippen LogP contribution in [0.1, 0.15) is 59.3 Å². The summed E-state index contributed by atoms with van der Waals surface area (Å²) in [5, 5.41) is 0. The van der Waals surface area contributed by atoms with Gasteiger partial charge < -0.3 is 4.74 Å². The van der Waals surface area contributed by atoms with Crippen LogP contribution in [0.15, 0.2) is 24.3 Å². The van der Waals surface area contributed by atoms with Crippen molar-refractivity contribution in [3.63, 3.8) is 0 Å². The third kappa shape index (κ3) is 4.75. The first kappa shape index (κ1) is 18.7. The number of nitrogens with zero attached hydrogens (tertiary/aromatic N) is 1. The van der Waals surface area contributed by atoms with Crippen LogP contribution < -0.4 is 0 Å². The van der Waals surface area contributed by atoms with Crippen molar-refractivity contribution in [2.24, 2.45) is 23.2 Å². The number of likely N-dealkylation sites (tertiary alicyclic amines) is 1. The molecule has 25 heavy (non-hydrogen) atoms. The Bertz CT molecular complexity index is 522. The first-order valence-corrected chi connectivity index (χ1v) is 10.2. The molecule has 0 aromatic heterocycles. The maximum Gasteiger partial charge on any atom is 0.310 e. The molecule has 0 saturated carbocycles. The summed E-state index contributed by atoms with van der Waals surface area (Å²) in [4.78, 5) is 15.4. The van der Waals surface area contributed by atoms with Gasteiger partial charge in [-0.05, 0) is 62.7 Å². The Kier molecular flexibility index (Phi) is 6.04. The van der Waals surface area contributed by atoms with E-state index in [1.807, 2.05) is 0 Å². The van der Waals surface area contributed by atoms with Crippen molar-refractivity contribution in [2.45, 2.75) is 65.3 Å². The van der Waals surface area contributed by atoms with Crippen molar-refractivity contribution in [2.75, 3.05) is 19.7 Å². The summed E-state index contributed by atoms with van der Waals surface area (Å²) in [6.07, 6.45) is 15.9. The first-order chi connectivity index (χ1) is 12.0. The van der Waals surface area contributed by atoms with Crippen LogP contribution in [0.25, 0.3) is 0 Å². The number of hydrogen-bond acceptors (Lipinski definition) is 3. The topological polar surface area (TPSA) is 29.5 Å². The zero-order valence-corrected chi connectivity index (χ0v) is 16.2. The predicted octanol–water partition coefficient (Wildman–Crippen LogP) is 4.59. The number of carbonyl (C=O) groups excluding carboxylic acids is 1. The van der Waals surface area contributed by atoms with E-state index < -0.39 is 0 Å². The molecule has 1 fully saturated rings. The van der Waals surface area contributed by atoms with E-state index in [4.69, 9.17) is 4.74 Å². The Labute approximate surface area is 153 Å². The number of rotatable bonds is 6. The number of hydrogen-bond donors (Lipinski definition) is 0. The number of esters is 1. The van der Waals surface area contributed by atoms with Gasteiger partial charge in [-0.3, -0.25) is 9.69 Å². The van der Waals surface area contributed by atoms with Crippen molar-refractivity contribution >= 4 is 5.97 Å². The molecule has 1 aliphatic heterocycles. The van der Waals surface area contributed by atoms with E-state index in [1.54, 1.807) is 0 Å². The number of carbonyl (C=O) groups is 1. The molecule has 0 N–H and O–H groups in total. The van der Waals surface area contributed by atoms with Crippen LogP contribution in [-0.2, 0) is 9.53 Å². The van der Waals surface area contributed by atoms with Gasteiger partial charge in [-0.25, -0.2) is 0 Å². The second-order valence-corrected chi connectivity index (χ2v) is 9.07. The van der Waals surface area contributed by atoms with E-state index in [2.05, 4.69) is 50.0 Å². The van der Waals surface area contributed by atoms with Gasteiger partial charge in [0.25, 0.3) is 0 Å². The van der Waals surface area contributed by atoms with Crippen LogP contribution in [0, 0.1) is 23.2 Å². The zero-order valence-electron chi connectivity index (χ0n) is 16.2. The van der Waals surface area contributed by atoms with Gasteiger partial charge in [-0.2, -0.15) is 0 Å². The van der Waals surface area contributed by atoms with Crippen LogP contribution in [0.2, 0.25) is 0 Å². The SMILES string of the molecule is CC1CC(C)(C)CN1CCOC(=O)C(C1C=CCC1)C1C=CCCC1. The van der Waals surface area contributed by atoms with E-state index in [9.17, 15) is 4.79 Å². The average Bonchev–Trinajstić information content (AvgIpc) is 3.17. The zero-order chi connectivity index (χ0) is 17.9. The van der Waals surface area contributed by atoms with Crippen molar-refractivity contribution in [1.29, 1.82) is 0 Å². The Hall–Kier alpha value is -1.09. The molecule has 4 atom stereocenters. The minimum atomic E-state index is 0.0164. The summed E-state index contributed by atoms with van der Waals surface area (Å²) >= 11 is 0. The molecule has 3 nitrogen and oxygen atoms in total. The van der Waals surface area contributed by atoms with Crippen molar-refractivity contribution in [1.82, 2.24) is 4.90 Å². The second kappa shape index (κ2) is 8.07. The summed E-state index contributed by atoms with van der Waals surface area (Å²) in [5.41, 5.74) is 0.382. The first-order valence-electron chi connectivity index (χ1n) is 10.2. The molecule has 0 amide bonds. The molecule has 3 aliphatic rings. The van der Waals surface area contributed by atoms with Crippen LogP contribution in [0.3, 0.4) is 0 Å². The highest BCUT2D eigenvalue weighted by molar-refractivity contribution is 5.74. The molecule has 2 aliphatic carbocycles. The molecule has 0 aromatic rings. The monoisotopic (exact) mass is 345 g/mol. The average molecular weight is 346 g/mol. The molecule has 3 rings (SSSR count). The minimum Gasteiger partial charge on any atom is -0.464 e. The molecular weight excluding hydrogens is 310 g/mol. The van der Waals surface area contributed by atoms with Gasteiger partial charge in [0.1, 0.15) is 6.61 Å². The quantitative estimate of drug-likeness (QED) is 0.521. The third-order valence-electron chi connectivity index (χ3n) is 6.26. The third-order valence-corrected chi connectivity index (χ3v) is 6.26. The lowest BCUT2D eigenvalue weighted by Gasteiger charge is -2.29. The lowest BCUT2D eigenvalue weighted by Crippen LogP contribution is -2.35. The molecule has 140 valence electrons. The normalized spacial score (nSPS) is 32.8. The van der Waals surface area contributed by atoms with E-state index in [0.29, 0.717) is 29.9 Å². The lowest BCUT2D eigenvalue weighted by atomic mass is 9.77. The van der Waals surface area contributed by atoms with E-state index >= 15 is 0 Å². The molecule has 4 unspecified atom stereocenters. The summed E-state index contributed by atoms with van der Waals surface area (Å²) in [5.74, 6) is 0.769. The molecule has 3 heteroatoms. The molecule has 1 heterocycles. The van der Waals surface area contributed by atoms with Gasteiger partial charge in [0.15, 0.2) is 0 Å². The Balaban J connectivity index is 1.54. The molecule has 0 radical (unpaired) electrons. The standard InChI is InChI=1S/C22H35NO2/c1-17-15-22(2,3)16-23(17)13-14-25-21(24)20(19-11-7-8-12-19)18-9-5-4-6-10-18/h5,7,9,11,17-20H,4,6,8,10,12-16H2,1-3H3. The summed E-state index contributed by atoms with van der Waals surface area (Å²) < 4.78 is 5.80. The number of ether oxygens (including phenoxy) is 1. The predicted molar refractivity (Wildman–Crippen MR) is 102 cm³/mol. The van der Waals surface area contributed by atoms with Gasteiger partial charge in [0.05, 0.1) is 5.92 Å². The lowest BCUT2D eigenvalue weighted by molar-refractivity contribution is -0.152. The molecule has 0 bridgehead atoms. The van der Waals surface area contributed by atoms with Crippen molar-refractivity contribution in [3.05, 3.63) is 24.3 Å². The van der Waals surface area contributed by atoms with Crippen molar-refractivity contribution < 1.29 is 9.53 Å². The van der Waals surface area contributed by atoms with Gasteiger partial charge in [0.2, 0.25) is 0 Å². The highest BCUT2D eigenvalue weighted by Crippen LogP contribution is 2.37. The molecule has 0 aromatic carbocycles. The molecule has 1 saturated heterocycles. The van der Waals surface area contributed by atoms with Crippen molar-refractivity contribution in [3.8, 4) is 0 Å². The van der Waals surface area contributed by atoms with Crippen LogP contribution >= 0.6 is 0 Å². The second-order valence-electron chi connectivity index (χ2n) is 9.07. The van der Waals surface area contributed by atoms with Gasteiger partial charge >= 0.3 is 5.97 Å². The summed E-state index contributed by atoms with van der Waals surface area (Å²) in [6, 6.07) is 0.587. The van der Waals surface area contributed by atoms with Crippen LogP contribution in [-0.4, -0.2) is 36.6 Å². The Morgan fingerprint density at radius 1 is 1.20 bits per heavy atom. The fourth-order valence-corrected chi connectivity index (χ4v) is 5.12. The van der Waals surface area contributed by atoms with E-state index in [1.165, 1.54) is 12.8 Å². The minimum absolute atomic E-state index is 0.0164. The fraction of sp³-hybridized carbons (Fsp3) is 0.773. The van der Waals surface area contributed by atoms with Gasteiger partial charge in [0, 0.05) is 19.1 Å². The van der Waals surface area contributed by atoms with Gasteiger partial charge in [-0.15, -0.1) is 0 Å².